The summed E-state index contributed by atoms with van der Waals surface area (Å²) in [5.74, 6) is 0. The van der Waals surface area contributed by atoms with E-state index in [1.165, 1.54) is 0 Å². The maximum absolute atomic E-state index is 13.0. The van der Waals surface area contributed by atoms with Gasteiger partial charge in [-0.05, 0) is 66.1 Å². The van der Waals surface area contributed by atoms with Gasteiger partial charge in [0.05, 0.1) is 22.2 Å². The van der Waals surface area contributed by atoms with E-state index in [1.807, 2.05) is 72.7 Å². The molecule has 3 aromatic rings. The van der Waals surface area contributed by atoms with Gasteiger partial charge in [-0.1, -0.05) is 12.1 Å². The number of fused-ring (bicyclic) bond motifs is 3. The molecule has 1 saturated heterocycles. The van der Waals surface area contributed by atoms with Crippen molar-refractivity contribution in [3.05, 3.63) is 36.7 Å². The third-order valence-corrected chi connectivity index (χ3v) is 5.69. The lowest BCUT2D eigenvalue weighted by molar-refractivity contribution is 0.00578. The molecule has 0 bridgehead atoms. The number of carbonyl (C=O) groups excluding carboxylic acids is 1. The van der Waals surface area contributed by atoms with Crippen LogP contribution in [0.4, 0.5) is 4.79 Å². The standard InChI is InChI=1S/C22H27BN2O4/c1-20(2,3)27-19(26)25-17-10-11-24-13-16(17)15-9-8-14(12-18(15)25)23-28-21(4,5)22(6,7)29-23/h8-13H,1-7H3. The molecule has 152 valence electrons. The molecule has 0 spiro atoms. The summed E-state index contributed by atoms with van der Waals surface area (Å²) in [7, 11) is -0.507. The Morgan fingerprint density at radius 3 is 2.31 bits per heavy atom. The SMILES string of the molecule is CC(C)(C)OC(=O)n1c2ccncc2c2ccc(B3OC(C)(C)C(C)(C)O3)cc21. The van der Waals surface area contributed by atoms with Crippen LogP contribution in [0.25, 0.3) is 21.8 Å². The normalized spacial score (nSPS) is 18.5. The molecule has 2 aromatic heterocycles. The summed E-state index contributed by atoms with van der Waals surface area (Å²) in [6, 6.07) is 7.74. The fourth-order valence-corrected chi connectivity index (χ4v) is 3.51. The Bertz CT molecular complexity index is 1100. The van der Waals surface area contributed by atoms with E-state index < -0.39 is 30.0 Å². The molecule has 1 aromatic carbocycles. The lowest BCUT2D eigenvalue weighted by Gasteiger charge is -2.32. The van der Waals surface area contributed by atoms with E-state index in [0.717, 1.165) is 27.3 Å². The minimum Gasteiger partial charge on any atom is -0.443 e. The molecular formula is C22H27BN2O4. The molecule has 3 heterocycles. The molecule has 0 aliphatic carbocycles. The second kappa shape index (κ2) is 6.31. The molecule has 1 fully saturated rings. The van der Waals surface area contributed by atoms with Crippen LogP contribution in [0.5, 0.6) is 0 Å². The lowest BCUT2D eigenvalue weighted by atomic mass is 9.79. The number of ether oxygens (including phenoxy) is 1. The van der Waals surface area contributed by atoms with Gasteiger partial charge in [0.2, 0.25) is 0 Å². The summed E-state index contributed by atoms with van der Waals surface area (Å²) in [6.07, 6.45) is 3.03. The van der Waals surface area contributed by atoms with Crippen LogP contribution in [0, 0.1) is 0 Å². The van der Waals surface area contributed by atoms with E-state index in [9.17, 15) is 4.79 Å². The van der Waals surface area contributed by atoms with Crippen LogP contribution < -0.4 is 5.46 Å². The van der Waals surface area contributed by atoms with Gasteiger partial charge >= 0.3 is 13.2 Å². The monoisotopic (exact) mass is 394 g/mol. The fraction of sp³-hybridized carbons (Fsp3) is 0.455. The first-order chi connectivity index (χ1) is 13.4. The Hall–Kier alpha value is -2.38. The molecule has 29 heavy (non-hydrogen) atoms. The largest absolute Gasteiger partial charge is 0.494 e. The second-order valence-corrected chi connectivity index (χ2v) is 9.57. The van der Waals surface area contributed by atoms with E-state index in [1.54, 1.807) is 17.0 Å². The maximum atomic E-state index is 13.0. The topological polar surface area (TPSA) is 62.6 Å². The summed E-state index contributed by atoms with van der Waals surface area (Å²) in [6.45, 7) is 13.7. The Morgan fingerprint density at radius 1 is 1.03 bits per heavy atom. The average Bonchev–Trinajstić information content (AvgIpc) is 3.03. The summed E-state index contributed by atoms with van der Waals surface area (Å²) in [5, 5.41) is 1.83. The number of nitrogens with zero attached hydrogens (tertiary/aromatic N) is 2. The van der Waals surface area contributed by atoms with Crippen LogP contribution in [-0.4, -0.2) is 39.6 Å². The highest BCUT2D eigenvalue weighted by Crippen LogP contribution is 2.37. The minimum atomic E-state index is -0.601. The van der Waals surface area contributed by atoms with Gasteiger partial charge in [0.1, 0.15) is 5.60 Å². The summed E-state index contributed by atoms with van der Waals surface area (Å²) < 4.78 is 19.7. The number of aromatic nitrogens is 2. The molecule has 0 saturated carbocycles. The molecule has 4 rings (SSSR count). The van der Waals surface area contributed by atoms with Crippen LogP contribution in [0.15, 0.2) is 36.7 Å². The van der Waals surface area contributed by atoms with Crippen molar-refractivity contribution in [3.63, 3.8) is 0 Å². The van der Waals surface area contributed by atoms with Crippen LogP contribution in [0.2, 0.25) is 0 Å². The van der Waals surface area contributed by atoms with Gasteiger partial charge in [-0.25, -0.2) is 9.36 Å². The van der Waals surface area contributed by atoms with Crippen LogP contribution in [0.1, 0.15) is 48.5 Å². The third-order valence-electron chi connectivity index (χ3n) is 5.69. The summed E-state index contributed by atoms with van der Waals surface area (Å²) in [4.78, 5) is 17.3. The Balaban J connectivity index is 1.87. The third kappa shape index (κ3) is 3.32. The highest BCUT2D eigenvalue weighted by atomic mass is 16.7. The van der Waals surface area contributed by atoms with Crippen molar-refractivity contribution in [2.24, 2.45) is 0 Å². The summed E-state index contributed by atoms with van der Waals surface area (Å²) in [5.41, 5.74) is 0.889. The minimum absolute atomic E-state index is 0.422. The Labute approximate surface area is 171 Å². The highest BCUT2D eigenvalue weighted by molar-refractivity contribution is 6.62. The van der Waals surface area contributed by atoms with Crippen molar-refractivity contribution in [3.8, 4) is 0 Å². The predicted molar refractivity (Wildman–Crippen MR) is 115 cm³/mol. The quantitative estimate of drug-likeness (QED) is 0.577. The molecule has 0 unspecified atom stereocenters. The number of hydrogen-bond acceptors (Lipinski definition) is 5. The van der Waals surface area contributed by atoms with E-state index in [2.05, 4.69) is 4.98 Å². The Morgan fingerprint density at radius 2 is 1.69 bits per heavy atom. The van der Waals surface area contributed by atoms with Crippen LogP contribution >= 0.6 is 0 Å². The second-order valence-electron chi connectivity index (χ2n) is 9.57. The van der Waals surface area contributed by atoms with Crippen molar-refractivity contribution < 1.29 is 18.8 Å². The van der Waals surface area contributed by atoms with Gasteiger partial charge in [0, 0.05) is 23.2 Å². The number of carbonyl (C=O) groups is 1. The number of rotatable bonds is 1. The first-order valence-electron chi connectivity index (χ1n) is 9.87. The molecule has 0 radical (unpaired) electrons. The molecule has 7 heteroatoms. The van der Waals surface area contributed by atoms with Gasteiger partial charge in [0.25, 0.3) is 0 Å². The van der Waals surface area contributed by atoms with Gasteiger partial charge in [-0.3, -0.25) is 4.98 Å². The van der Waals surface area contributed by atoms with Crippen LogP contribution in [0.3, 0.4) is 0 Å². The zero-order chi connectivity index (χ0) is 21.2. The van der Waals surface area contributed by atoms with Crippen molar-refractivity contribution in [1.82, 2.24) is 9.55 Å². The van der Waals surface area contributed by atoms with E-state index >= 15 is 0 Å². The first kappa shape index (κ1) is 19.9. The fourth-order valence-electron chi connectivity index (χ4n) is 3.51. The predicted octanol–water partition coefficient (Wildman–Crippen LogP) is 4.27. The number of pyridine rings is 1. The van der Waals surface area contributed by atoms with Crippen molar-refractivity contribution >= 4 is 40.5 Å². The molecule has 0 amide bonds. The van der Waals surface area contributed by atoms with E-state index in [-0.39, 0.29) is 0 Å². The maximum Gasteiger partial charge on any atom is 0.494 e. The molecule has 0 N–H and O–H groups in total. The molecule has 1 aliphatic rings. The number of hydrogen-bond donors (Lipinski definition) is 0. The first-order valence-corrected chi connectivity index (χ1v) is 9.87. The van der Waals surface area contributed by atoms with Crippen molar-refractivity contribution in [1.29, 1.82) is 0 Å². The van der Waals surface area contributed by atoms with E-state index in [4.69, 9.17) is 14.0 Å². The number of benzene rings is 1. The van der Waals surface area contributed by atoms with Gasteiger partial charge in [-0.15, -0.1) is 0 Å². The highest BCUT2D eigenvalue weighted by Gasteiger charge is 2.51. The lowest BCUT2D eigenvalue weighted by Crippen LogP contribution is -2.41. The van der Waals surface area contributed by atoms with E-state index in [0.29, 0.717) is 0 Å². The molecule has 0 atom stereocenters. The zero-order valence-electron chi connectivity index (χ0n) is 18.1. The van der Waals surface area contributed by atoms with Gasteiger partial charge in [0.15, 0.2) is 0 Å². The molecule has 1 aliphatic heterocycles. The molecular weight excluding hydrogens is 367 g/mol. The van der Waals surface area contributed by atoms with Crippen molar-refractivity contribution in [2.75, 3.05) is 0 Å². The average molecular weight is 394 g/mol. The summed E-state index contributed by atoms with van der Waals surface area (Å²) >= 11 is 0. The Kier molecular flexibility index (Phi) is 4.33. The van der Waals surface area contributed by atoms with Gasteiger partial charge < -0.3 is 14.0 Å². The van der Waals surface area contributed by atoms with Gasteiger partial charge in [-0.2, -0.15) is 0 Å². The zero-order valence-corrected chi connectivity index (χ0v) is 18.1. The van der Waals surface area contributed by atoms with Crippen LogP contribution in [-0.2, 0) is 14.0 Å². The molecule has 6 nitrogen and oxygen atoms in total. The smallest absolute Gasteiger partial charge is 0.443 e. The van der Waals surface area contributed by atoms with Crippen molar-refractivity contribution in [2.45, 2.75) is 65.3 Å².